The van der Waals surface area contributed by atoms with Gasteiger partial charge in [-0.05, 0) is 30.5 Å². The SMILES string of the molecule is CCNC(=NCCOc1ccccc1C(C)C)N1CCN(c2ncccn2)CC1. The van der Waals surface area contributed by atoms with Crippen molar-refractivity contribution in [3.05, 3.63) is 48.3 Å². The van der Waals surface area contributed by atoms with E-state index >= 15 is 0 Å². The van der Waals surface area contributed by atoms with E-state index in [2.05, 4.69) is 58.0 Å². The first-order valence-electron chi connectivity index (χ1n) is 10.5. The van der Waals surface area contributed by atoms with Gasteiger partial charge in [-0.15, -0.1) is 0 Å². The third kappa shape index (κ3) is 5.82. The van der Waals surface area contributed by atoms with Crippen molar-refractivity contribution in [1.29, 1.82) is 0 Å². The predicted octanol–water partition coefficient (Wildman–Crippen LogP) is 2.77. The Hall–Kier alpha value is -2.83. The topological polar surface area (TPSA) is 65.9 Å². The second-order valence-corrected chi connectivity index (χ2v) is 7.30. The number of para-hydroxylation sites is 1. The summed E-state index contributed by atoms with van der Waals surface area (Å²) in [7, 11) is 0. The summed E-state index contributed by atoms with van der Waals surface area (Å²) >= 11 is 0. The van der Waals surface area contributed by atoms with Crippen LogP contribution in [0.5, 0.6) is 5.75 Å². The van der Waals surface area contributed by atoms with Gasteiger partial charge in [0.1, 0.15) is 12.4 Å². The van der Waals surface area contributed by atoms with Crippen LogP contribution in [0, 0.1) is 0 Å². The van der Waals surface area contributed by atoms with Crippen LogP contribution in [-0.4, -0.2) is 66.7 Å². The van der Waals surface area contributed by atoms with E-state index in [-0.39, 0.29) is 0 Å². The number of hydrogen-bond acceptors (Lipinski definition) is 5. The Kier molecular flexibility index (Phi) is 7.67. The van der Waals surface area contributed by atoms with Crippen molar-refractivity contribution in [3.8, 4) is 5.75 Å². The lowest BCUT2D eigenvalue weighted by molar-refractivity contribution is 0.320. The Bertz CT molecular complexity index is 772. The fourth-order valence-corrected chi connectivity index (χ4v) is 3.39. The van der Waals surface area contributed by atoms with Crippen LogP contribution >= 0.6 is 0 Å². The first-order chi connectivity index (χ1) is 14.2. The maximum Gasteiger partial charge on any atom is 0.225 e. The average molecular weight is 397 g/mol. The van der Waals surface area contributed by atoms with Crippen molar-refractivity contribution in [2.24, 2.45) is 4.99 Å². The van der Waals surface area contributed by atoms with E-state index in [1.807, 2.05) is 18.2 Å². The Balaban J connectivity index is 1.53. The van der Waals surface area contributed by atoms with Gasteiger partial charge in [-0.1, -0.05) is 32.0 Å². The number of hydrogen-bond donors (Lipinski definition) is 1. The molecule has 0 bridgehead atoms. The Labute approximate surface area is 173 Å². The molecule has 2 heterocycles. The molecule has 0 aliphatic carbocycles. The van der Waals surface area contributed by atoms with Gasteiger partial charge in [-0.3, -0.25) is 0 Å². The molecule has 0 amide bonds. The highest BCUT2D eigenvalue weighted by Gasteiger charge is 2.21. The van der Waals surface area contributed by atoms with Gasteiger partial charge in [-0.25, -0.2) is 15.0 Å². The van der Waals surface area contributed by atoms with Gasteiger partial charge in [0.2, 0.25) is 5.95 Å². The molecule has 1 N–H and O–H groups in total. The predicted molar refractivity (Wildman–Crippen MR) is 118 cm³/mol. The lowest BCUT2D eigenvalue weighted by atomic mass is 10.0. The van der Waals surface area contributed by atoms with Crippen molar-refractivity contribution >= 4 is 11.9 Å². The molecular formula is C22H32N6O. The fraction of sp³-hybridized carbons (Fsp3) is 0.500. The summed E-state index contributed by atoms with van der Waals surface area (Å²) in [6, 6.07) is 10.1. The molecule has 1 aliphatic heterocycles. The lowest BCUT2D eigenvalue weighted by Crippen LogP contribution is -2.53. The molecule has 7 heteroatoms. The summed E-state index contributed by atoms with van der Waals surface area (Å²) in [5, 5.41) is 3.41. The van der Waals surface area contributed by atoms with Gasteiger partial charge in [0.25, 0.3) is 0 Å². The Morgan fingerprint density at radius 2 is 1.83 bits per heavy atom. The molecule has 2 aromatic rings. The van der Waals surface area contributed by atoms with Gasteiger partial charge in [0, 0.05) is 45.1 Å². The maximum absolute atomic E-state index is 6.01. The number of benzene rings is 1. The molecule has 1 saturated heterocycles. The molecule has 0 atom stereocenters. The molecule has 0 spiro atoms. The maximum atomic E-state index is 6.01. The number of anilines is 1. The molecule has 1 aliphatic rings. The quantitative estimate of drug-likeness (QED) is 0.441. The minimum Gasteiger partial charge on any atom is -0.491 e. The monoisotopic (exact) mass is 396 g/mol. The fourth-order valence-electron chi connectivity index (χ4n) is 3.39. The van der Waals surface area contributed by atoms with E-state index in [4.69, 9.17) is 9.73 Å². The number of aromatic nitrogens is 2. The van der Waals surface area contributed by atoms with E-state index < -0.39 is 0 Å². The molecule has 7 nitrogen and oxygen atoms in total. The summed E-state index contributed by atoms with van der Waals surface area (Å²) in [4.78, 5) is 18.0. The van der Waals surface area contributed by atoms with Crippen LogP contribution in [0.1, 0.15) is 32.3 Å². The zero-order valence-corrected chi connectivity index (χ0v) is 17.7. The van der Waals surface area contributed by atoms with Gasteiger partial charge >= 0.3 is 0 Å². The smallest absolute Gasteiger partial charge is 0.225 e. The standard InChI is InChI=1S/C22H32N6O/c1-4-23-21(26-12-17-29-20-9-6-5-8-19(20)18(2)3)27-13-15-28(16-14-27)22-24-10-7-11-25-22/h5-11,18H,4,12-17H2,1-3H3,(H,23,26). The lowest BCUT2D eigenvalue weighted by Gasteiger charge is -2.36. The van der Waals surface area contributed by atoms with Crippen LogP contribution in [-0.2, 0) is 0 Å². The second kappa shape index (κ2) is 10.6. The second-order valence-electron chi connectivity index (χ2n) is 7.30. The number of nitrogens with one attached hydrogen (secondary N) is 1. The molecule has 0 saturated carbocycles. The minimum absolute atomic E-state index is 0.442. The van der Waals surface area contributed by atoms with Crippen LogP contribution in [0.3, 0.4) is 0 Å². The van der Waals surface area contributed by atoms with Crippen LogP contribution < -0.4 is 15.0 Å². The van der Waals surface area contributed by atoms with Crippen molar-refractivity contribution in [2.45, 2.75) is 26.7 Å². The normalized spacial score (nSPS) is 15.0. The van der Waals surface area contributed by atoms with Crippen LogP contribution in [0.15, 0.2) is 47.7 Å². The summed E-state index contributed by atoms with van der Waals surface area (Å²) in [6.07, 6.45) is 3.58. The Morgan fingerprint density at radius 3 is 2.52 bits per heavy atom. The van der Waals surface area contributed by atoms with Crippen molar-refractivity contribution in [1.82, 2.24) is 20.2 Å². The van der Waals surface area contributed by atoms with E-state index in [0.717, 1.165) is 50.4 Å². The molecule has 156 valence electrons. The summed E-state index contributed by atoms with van der Waals surface area (Å²) in [6.45, 7) is 12.0. The number of rotatable bonds is 7. The largest absolute Gasteiger partial charge is 0.491 e. The molecule has 1 aromatic heterocycles. The third-order valence-corrected chi connectivity index (χ3v) is 4.90. The number of ether oxygens (including phenoxy) is 1. The van der Waals surface area contributed by atoms with Gasteiger partial charge < -0.3 is 19.9 Å². The molecule has 1 fully saturated rings. The van der Waals surface area contributed by atoms with Crippen molar-refractivity contribution in [3.63, 3.8) is 0 Å². The molecular weight excluding hydrogens is 364 g/mol. The van der Waals surface area contributed by atoms with E-state index in [1.54, 1.807) is 12.4 Å². The highest BCUT2D eigenvalue weighted by atomic mass is 16.5. The van der Waals surface area contributed by atoms with E-state index in [0.29, 0.717) is 19.1 Å². The summed E-state index contributed by atoms with van der Waals surface area (Å²) < 4.78 is 6.01. The average Bonchev–Trinajstić information content (AvgIpc) is 2.77. The van der Waals surface area contributed by atoms with E-state index in [1.165, 1.54) is 5.56 Å². The number of piperazine rings is 1. The van der Waals surface area contributed by atoms with Gasteiger partial charge in [0.15, 0.2) is 5.96 Å². The molecule has 1 aromatic carbocycles. The van der Waals surface area contributed by atoms with Crippen molar-refractivity contribution < 1.29 is 4.74 Å². The zero-order chi connectivity index (χ0) is 20.5. The number of guanidine groups is 1. The third-order valence-electron chi connectivity index (χ3n) is 4.90. The minimum atomic E-state index is 0.442. The first kappa shape index (κ1) is 20.9. The highest BCUT2D eigenvalue weighted by Crippen LogP contribution is 2.25. The molecule has 0 unspecified atom stereocenters. The van der Waals surface area contributed by atoms with E-state index in [9.17, 15) is 0 Å². The number of nitrogens with zero attached hydrogens (tertiary/aromatic N) is 5. The first-order valence-corrected chi connectivity index (χ1v) is 10.5. The van der Waals surface area contributed by atoms with Crippen LogP contribution in [0.25, 0.3) is 0 Å². The Morgan fingerprint density at radius 1 is 1.10 bits per heavy atom. The number of aliphatic imine (C=N–C) groups is 1. The van der Waals surface area contributed by atoms with Crippen LogP contribution in [0.4, 0.5) is 5.95 Å². The molecule has 0 radical (unpaired) electrons. The summed E-state index contributed by atoms with van der Waals surface area (Å²) in [5.74, 6) is 3.14. The molecule has 3 rings (SSSR count). The highest BCUT2D eigenvalue weighted by molar-refractivity contribution is 5.80. The zero-order valence-electron chi connectivity index (χ0n) is 17.7. The van der Waals surface area contributed by atoms with Gasteiger partial charge in [0.05, 0.1) is 6.54 Å². The molecule has 29 heavy (non-hydrogen) atoms. The van der Waals surface area contributed by atoms with Crippen molar-refractivity contribution in [2.75, 3.05) is 50.8 Å². The summed E-state index contributed by atoms with van der Waals surface area (Å²) in [5.41, 5.74) is 1.24. The van der Waals surface area contributed by atoms with Gasteiger partial charge in [-0.2, -0.15) is 0 Å². The van der Waals surface area contributed by atoms with Crippen LogP contribution in [0.2, 0.25) is 0 Å².